The molecule has 2 heterocycles. The molecule has 1 aromatic heterocycles. The topological polar surface area (TPSA) is 58.4 Å². The minimum Gasteiger partial charge on any atom is -0.397 e. The molecule has 1 aliphatic heterocycles. The predicted molar refractivity (Wildman–Crippen MR) is 81.9 cm³/mol. The van der Waals surface area contributed by atoms with E-state index >= 15 is 0 Å². The van der Waals surface area contributed by atoms with Crippen LogP contribution in [0.4, 0.5) is 10.7 Å². The fourth-order valence-electron chi connectivity index (χ4n) is 2.26. The highest BCUT2D eigenvalue weighted by molar-refractivity contribution is 7.18. The van der Waals surface area contributed by atoms with Crippen molar-refractivity contribution >= 4 is 27.9 Å². The van der Waals surface area contributed by atoms with Crippen LogP contribution in [0.3, 0.4) is 0 Å². The number of nitrogens with one attached hydrogen (secondary N) is 1. The van der Waals surface area contributed by atoms with Crippen molar-refractivity contribution in [3.8, 4) is 0 Å². The van der Waals surface area contributed by atoms with Gasteiger partial charge in [0.25, 0.3) is 5.91 Å². The summed E-state index contributed by atoms with van der Waals surface area (Å²) in [4.78, 5) is 14.9. The number of hydrogen-bond donors (Lipinski definition) is 2. The van der Waals surface area contributed by atoms with Crippen LogP contribution in [0.2, 0.25) is 0 Å². The third kappa shape index (κ3) is 3.50. The molecule has 0 spiro atoms. The van der Waals surface area contributed by atoms with Gasteiger partial charge in [-0.05, 0) is 18.9 Å². The summed E-state index contributed by atoms with van der Waals surface area (Å²) in [7, 11) is 0. The van der Waals surface area contributed by atoms with Crippen LogP contribution in [0.15, 0.2) is 18.7 Å². The summed E-state index contributed by atoms with van der Waals surface area (Å²) in [6.45, 7) is 6.18. The Labute approximate surface area is 118 Å². The second kappa shape index (κ2) is 6.61. The van der Waals surface area contributed by atoms with E-state index in [0.29, 0.717) is 17.1 Å². The standard InChI is InChI=1S/C14H21N3OS/c1-2-7-16-14(18)13-11(15)10-12(19-13)17-8-5-3-4-6-9-17/h2,10H,1,3-9,15H2,(H,16,18). The first-order chi connectivity index (χ1) is 9.22. The van der Waals surface area contributed by atoms with Crippen molar-refractivity contribution in [2.75, 3.05) is 30.3 Å². The van der Waals surface area contributed by atoms with Gasteiger partial charge in [0, 0.05) is 19.6 Å². The number of anilines is 2. The average molecular weight is 279 g/mol. The monoisotopic (exact) mass is 279 g/mol. The maximum atomic E-state index is 11.9. The molecule has 0 bridgehead atoms. The van der Waals surface area contributed by atoms with Crippen molar-refractivity contribution in [1.29, 1.82) is 0 Å². The molecule has 104 valence electrons. The highest BCUT2D eigenvalue weighted by Gasteiger charge is 2.18. The third-order valence-electron chi connectivity index (χ3n) is 3.28. The van der Waals surface area contributed by atoms with Crippen LogP contribution in [-0.2, 0) is 0 Å². The lowest BCUT2D eigenvalue weighted by Gasteiger charge is -2.19. The molecule has 1 aliphatic rings. The molecule has 1 aromatic rings. The maximum absolute atomic E-state index is 11.9. The van der Waals surface area contributed by atoms with E-state index in [4.69, 9.17) is 5.73 Å². The molecule has 0 aromatic carbocycles. The Hall–Kier alpha value is -1.49. The Balaban J connectivity index is 2.10. The second-order valence-electron chi connectivity index (χ2n) is 4.77. The molecule has 1 fully saturated rings. The van der Waals surface area contributed by atoms with E-state index < -0.39 is 0 Å². The molecule has 1 amide bonds. The summed E-state index contributed by atoms with van der Waals surface area (Å²) in [5.74, 6) is -0.108. The fourth-order valence-corrected chi connectivity index (χ4v) is 3.31. The first kappa shape index (κ1) is 13.9. The second-order valence-corrected chi connectivity index (χ2v) is 5.80. The van der Waals surface area contributed by atoms with Crippen LogP contribution in [0.5, 0.6) is 0 Å². The van der Waals surface area contributed by atoms with E-state index in [1.165, 1.54) is 37.0 Å². The zero-order valence-electron chi connectivity index (χ0n) is 11.2. The molecule has 0 radical (unpaired) electrons. The van der Waals surface area contributed by atoms with Gasteiger partial charge in [-0.15, -0.1) is 17.9 Å². The average Bonchev–Trinajstić information content (AvgIpc) is 2.65. The van der Waals surface area contributed by atoms with Crippen LogP contribution in [0.1, 0.15) is 35.4 Å². The van der Waals surface area contributed by atoms with Crippen molar-refractivity contribution < 1.29 is 4.79 Å². The molecule has 0 atom stereocenters. The van der Waals surface area contributed by atoms with Crippen molar-refractivity contribution in [3.05, 3.63) is 23.6 Å². The number of nitrogens with zero attached hydrogens (tertiary/aromatic N) is 1. The largest absolute Gasteiger partial charge is 0.397 e. The molecule has 0 saturated carbocycles. The van der Waals surface area contributed by atoms with E-state index in [1.807, 2.05) is 6.07 Å². The van der Waals surface area contributed by atoms with Crippen molar-refractivity contribution in [2.24, 2.45) is 0 Å². The van der Waals surface area contributed by atoms with Gasteiger partial charge >= 0.3 is 0 Å². The molecule has 3 N–H and O–H groups in total. The smallest absolute Gasteiger partial charge is 0.263 e. The molecular formula is C14H21N3OS. The van der Waals surface area contributed by atoms with Gasteiger partial charge in [0.1, 0.15) is 4.88 Å². The van der Waals surface area contributed by atoms with Gasteiger partial charge in [-0.2, -0.15) is 0 Å². The van der Waals surface area contributed by atoms with Crippen LogP contribution in [0.25, 0.3) is 0 Å². The van der Waals surface area contributed by atoms with Gasteiger partial charge in [-0.25, -0.2) is 0 Å². The van der Waals surface area contributed by atoms with Crippen molar-refractivity contribution in [1.82, 2.24) is 5.32 Å². The van der Waals surface area contributed by atoms with E-state index in [9.17, 15) is 4.79 Å². The Kier molecular flexibility index (Phi) is 4.85. The Morgan fingerprint density at radius 1 is 1.42 bits per heavy atom. The number of amides is 1. The highest BCUT2D eigenvalue weighted by atomic mass is 32.1. The van der Waals surface area contributed by atoms with Gasteiger partial charge in [-0.1, -0.05) is 18.9 Å². The van der Waals surface area contributed by atoms with Crippen LogP contribution in [0, 0.1) is 0 Å². The molecular weight excluding hydrogens is 258 g/mol. The lowest BCUT2D eigenvalue weighted by Crippen LogP contribution is -2.23. The summed E-state index contributed by atoms with van der Waals surface area (Å²) >= 11 is 1.49. The maximum Gasteiger partial charge on any atom is 0.263 e. The molecule has 0 unspecified atom stereocenters. The lowest BCUT2D eigenvalue weighted by atomic mass is 10.2. The number of rotatable bonds is 4. The molecule has 2 rings (SSSR count). The third-order valence-corrected chi connectivity index (χ3v) is 4.49. The van der Waals surface area contributed by atoms with Crippen LogP contribution in [-0.4, -0.2) is 25.5 Å². The zero-order valence-corrected chi connectivity index (χ0v) is 12.0. The van der Waals surface area contributed by atoms with Gasteiger partial charge in [0.15, 0.2) is 0 Å². The van der Waals surface area contributed by atoms with Gasteiger partial charge in [0.2, 0.25) is 0 Å². The zero-order chi connectivity index (χ0) is 13.7. The van der Waals surface area contributed by atoms with Crippen molar-refractivity contribution in [2.45, 2.75) is 25.7 Å². The van der Waals surface area contributed by atoms with Crippen LogP contribution >= 0.6 is 11.3 Å². The summed E-state index contributed by atoms with van der Waals surface area (Å²) in [6.07, 6.45) is 6.69. The SMILES string of the molecule is C=CCNC(=O)c1sc(N2CCCCCC2)cc1N. The van der Waals surface area contributed by atoms with Crippen LogP contribution < -0.4 is 16.0 Å². The number of carbonyl (C=O) groups is 1. The van der Waals surface area contributed by atoms with Gasteiger partial charge < -0.3 is 16.0 Å². The predicted octanol–water partition coefficient (Wildman–Crippen LogP) is 2.63. The number of thiophene rings is 1. The van der Waals surface area contributed by atoms with Gasteiger partial charge in [0.05, 0.1) is 10.7 Å². The first-order valence-electron chi connectivity index (χ1n) is 6.75. The first-order valence-corrected chi connectivity index (χ1v) is 7.57. The van der Waals surface area contributed by atoms with E-state index in [1.54, 1.807) is 6.08 Å². The number of carbonyl (C=O) groups excluding carboxylic acids is 1. The van der Waals surface area contributed by atoms with E-state index in [2.05, 4.69) is 16.8 Å². The Morgan fingerprint density at radius 2 is 2.11 bits per heavy atom. The summed E-state index contributed by atoms with van der Waals surface area (Å²) < 4.78 is 0. The summed E-state index contributed by atoms with van der Waals surface area (Å²) in [5, 5.41) is 3.89. The minimum absolute atomic E-state index is 0.108. The molecule has 0 aliphatic carbocycles. The summed E-state index contributed by atoms with van der Waals surface area (Å²) in [5.41, 5.74) is 6.53. The number of nitrogens with two attached hydrogens (primary N) is 1. The Morgan fingerprint density at radius 3 is 2.74 bits per heavy atom. The van der Waals surface area contributed by atoms with Gasteiger partial charge in [-0.3, -0.25) is 4.79 Å². The lowest BCUT2D eigenvalue weighted by molar-refractivity contribution is 0.0963. The fraction of sp³-hybridized carbons (Fsp3) is 0.500. The molecule has 1 saturated heterocycles. The summed E-state index contributed by atoms with van der Waals surface area (Å²) in [6, 6.07) is 1.93. The van der Waals surface area contributed by atoms with Crippen molar-refractivity contribution in [3.63, 3.8) is 0 Å². The quantitative estimate of drug-likeness (QED) is 0.833. The number of nitrogen functional groups attached to an aromatic ring is 1. The molecule has 4 nitrogen and oxygen atoms in total. The van der Waals surface area contributed by atoms with E-state index in [0.717, 1.165) is 18.1 Å². The van der Waals surface area contributed by atoms with E-state index in [-0.39, 0.29) is 5.91 Å². The molecule has 19 heavy (non-hydrogen) atoms. The normalized spacial score (nSPS) is 15.9. The molecule has 5 heteroatoms. The Bertz CT molecular complexity index is 448. The number of hydrogen-bond acceptors (Lipinski definition) is 4. The highest BCUT2D eigenvalue weighted by Crippen LogP contribution is 2.33. The minimum atomic E-state index is -0.108.